The lowest BCUT2D eigenvalue weighted by molar-refractivity contribution is -0.129. The molecule has 5 heteroatoms. The molecule has 1 amide bonds. The minimum Gasteiger partial charge on any atom is -0.394 e. The SMILES string of the molecule is COCCN1C(CO)C(=O)NCCC1(C)C. The molecule has 1 atom stereocenters. The summed E-state index contributed by atoms with van der Waals surface area (Å²) in [6.07, 6.45) is 0.874. The molecule has 0 radical (unpaired) electrons. The van der Waals surface area contributed by atoms with Gasteiger partial charge in [0.2, 0.25) is 5.91 Å². The average molecular weight is 230 g/mol. The molecule has 0 aromatic rings. The zero-order valence-corrected chi connectivity index (χ0v) is 10.3. The third-order valence-corrected chi connectivity index (χ3v) is 3.20. The Hall–Kier alpha value is -0.650. The van der Waals surface area contributed by atoms with E-state index in [9.17, 15) is 9.90 Å². The molecule has 94 valence electrons. The summed E-state index contributed by atoms with van der Waals surface area (Å²) in [4.78, 5) is 13.8. The highest BCUT2D eigenvalue weighted by Gasteiger charge is 2.37. The van der Waals surface area contributed by atoms with Gasteiger partial charge in [-0.1, -0.05) is 0 Å². The topological polar surface area (TPSA) is 61.8 Å². The molecule has 0 aromatic carbocycles. The standard InChI is InChI=1S/C11H22N2O3/c1-11(2)4-5-12-10(15)9(8-14)13(11)6-7-16-3/h9,14H,4-8H2,1-3H3,(H,12,15). The van der Waals surface area contributed by atoms with Crippen molar-refractivity contribution in [2.75, 3.05) is 33.4 Å². The second-order valence-corrected chi connectivity index (χ2v) is 4.74. The molecule has 0 spiro atoms. The Morgan fingerprint density at radius 1 is 1.62 bits per heavy atom. The predicted molar refractivity (Wildman–Crippen MR) is 61.2 cm³/mol. The van der Waals surface area contributed by atoms with Crippen molar-refractivity contribution < 1.29 is 14.6 Å². The number of methoxy groups -OCH3 is 1. The number of aliphatic hydroxyl groups is 1. The van der Waals surface area contributed by atoms with Crippen molar-refractivity contribution in [2.24, 2.45) is 0 Å². The average Bonchev–Trinajstić information content (AvgIpc) is 2.32. The maximum atomic E-state index is 11.8. The first kappa shape index (κ1) is 13.4. The number of amides is 1. The Kier molecular flexibility index (Phi) is 4.70. The molecule has 16 heavy (non-hydrogen) atoms. The van der Waals surface area contributed by atoms with Gasteiger partial charge in [0.1, 0.15) is 6.04 Å². The fourth-order valence-corrected chi connectivity index (χ4v) is 2.15. The van der Waals surface area contributed by atoms with Crippen LogP contribution in [-0.4, -0.2) is 60.9 Å². The summed E-state index contributed by atoms with van der Waals surface area (Å²) in [7, 11) is 1.64. The van der Waals surface area contributed by atoms with E-state index in [2.05, 4.69) is 19.2 Å². The smallest absolute Gasteiger partial charge is 0.239 e. The van der Waals surface area contributed by atoms with Crippen molar-refractivity contribution >= 4 is 5.91 Å². The third-order valence-electron chi connectivity index (χ3n) is 3.20. The minimum atomic E-state index is -0.465. The summed E-state index contributed by atoms with van der Waals surface area (Å²) < 4.78 is 5.05. The molecule has 1 heterocycles. The van der Waals surface area contributed by atoms with Crippen LogP contribution in [0.4, 0.5) is 0 Å². The number of rotatable bonds is 4. The number of carbonyl (C=O) groups excluding carboxylic acids is 1. The third kappa shape index (κ3) is 2.93. The largest absolute Gasteiger partial charge is 0.394 e. The van der Waals surface area contributed by atoms with Crippen LogP contribution in [0, 0.1) is 0 Å². The molecule has 1 aliphatic heterocycles. The van der Waals surface area contributed by atoms with Gasteiger partial charge in [-0.3, -0.25) is 9.69 Å². The second kappa shape index (κ2) is 5.61. The van der Waals surface area contributed by atoms with Crippen LogP contribution in [0.25, 0.3) is 0 Å². The number of ether oxygens (including phenoxy) is 1. The van der Waals surface area contributed by atoms with Crippen molar-refractivity contribution in [2.45, 2.75) is 31.8 Å². The normalized spacial score (nSPS) is 26.2. The van der Waals surface area contributed by atoms with Crippen molar-refractivity contribution in [3.63, 3.8) is 0 Å². The summed E-state index contributed by atoms with van der Waals surface area (Å²) in [5.74, 6) is -0.0934. The van der Waals surface area contributed by atoms with Gasteiger partial charge in [-0.05, 0) is 20.3 Å². The Balaban J connectivity index is 2.84. The summed E-state index contributed by atoms with van der Waals surface area (Å²) in [6.45, 7) is 5.90. The number of carbonyl (C=O) groups is 1. The molecule has 5 nitrogen and oxygen atoms in total. The van der Waals surface area contributed by atoms with Crippen molar-refractivity contribution in [1.82, 2.24) is 10.2 Å². The first-order valence-corrected chi connectivity index (χ1v) is 5.67. The highest BCUT2D eigenvalue weighted by Crippen LogP contribution is 2.23. The van der Waals surface area contributed by atoms with E-state index in [4.69, 9.17) is 4.74 Å². The lowest BCUT2D eigenvalue weighted by Crippen LogP contribution is -2.55. The van der Waals surface area contributed by atoms with Gasteiger partial charge < -0.3 is 15.2 Å². The highest BCUT2D eigenvalue weighted by atomic mass is 16.5. The monoisotopic (exact) mass is 230 g/mol. The van der Waals surface area contributed by atoms with Crippen LogP contribution in [0.1, 0.15) is 20.3 Å². The van der Waals surface area contributed by atoms with E-state index in [-0.39, 0.29) is 18.1 Å². The van der Waals surface area contributed by atoms with Gasteiger partial charge >= 0.3 is 0 Å². The molecule has 2 N–H and O–H groups in total. The van der Waals surface area contributed by atoms with E-state index in [1.54, 1.807) is 7.11 Å². The Bertz CT molecular complexity index is 243. The second-order valence-electron chi connectivity index (χ2n) is 4.74. The highest BCUT2D eigenvalue weighted by molar-refractivity contribution is 5.82. The van der Waals surface area contributed by atoms with E-state index in [1.165, 1.54) is 0 Å². The van der Waals surface area contributed by atoms with Crippen LogP contribution in [-0.2, 0) is 9.53 Å². The fourth-order valence-electron chi connectivity index (χ4n) is 2.15. The zero-order valence-electron chi connectivity index (χ0n) is 10.3. The fraction of sp³-hybridized carbons (Fsp3) is 0.909. The van der Waals surface area contributed by atoms with Crippen LogP contribution in [0.3, 0.4) is 0 Å². The maximum Gasteiger partial charge on any atom is 0.239 e. The van der Waals surface area contributed by atoms with Crippen LogP contribution in [0.5, 0.6) is 0 Å². The molecule has 1 fully saturated rings. The quantitative estimate of drug-likeness (QED) is 0.689. The molecular weight excluding hydrogens is 208 g/mol. The molecule has 0 aliphatic carbocycles. The Morgan fingerprint density at radius 2 is 2.31 bits per heavy atom. The number of nitrogens with one attached hydrogen (secondary N) is 1. The van der Waals surface area contributed by atoms with Crippen molar-refractivity contribution in [1.29, 1.82) is 0 Å². The van der Waals surface area contributed by atoms with E-state index in [0.29, 0.717) is 19.7 Å². The van der Waals surface area contributed by atoms with E-state index >= 15 is 0 Å². The van der Waals surface area contributed by atoms with Crippen LogP contribution in [0.2, 0.25) is 0 Å². The maximum absolute atomic E-state index is 11.8. The summed E-state index contributed by atoms with van der Waals surface area (Å²) >= 11 is 0. The van der Waals surface area contributed by atoms with Gasteiger partial charge in [0.25, 0.3) is 0 Å². The van der Waals surface area contributed by atoms with Crippen LogP contribution in [0.15, 0.2) is 0 Å². The molecule has 0 bridgehead atoms. The van der Waals surface area contributed by atoms with Crippen molar-refractivity contribution in [3.05, 3.63) is 0 Å². The zero-order chi connectivity index (χ0) is 12.2. The molecule has 1 unspecified atom stereocenters. The van der Waals surface area contributed by atoms with Crippen LogP contribution < -0.4 is 5.32 Å². The number of aliphatic hydroxyl groups excluding tert-OH is 1. The predicted octanol–water partition coefficient (Wildman–Crippen LogP) is -0.406. The number of nitrogens with zero attached hydrogens (tertiary/aromatic N) is 1. The minimum absolute atomic E-state index is 0.0934. The van der Waals surface area contributed by atoms with Gasteiger partial charge in [-0.15, -0.1) is 0 Å². The van der Waals surface area contributed by atoms with E-state index in [0.717, 1.165) is 6.42 Å². The van der Waals surface area contributed by atoms with Crippen molar-refractivity contribution in [3.8, 4) is 0 Å². The molecule has 0 aromatic heterocycles. The number of hydrogen-bond acceptors (Lipinski definition) is 4. The summed E-state index contributed by atoms with van der Waals surface area (Å²) in [5, 5.41) is 12.2. The molecule has 0 saturated carbocycles. The van der Waals surface area contributed by atoms with E-state index < -0.39 is 6.04 Å². The molecule has 1 saturated heterocycles. The summed E-state index contributed by atoms with van der Waals surface area (Å²) in [5.41, 5.74) is -0.106. The number of hydrogen-bond donors (Lipinski definition) is 2. The first-order valence-electron chi connectivity index (χ1n) is 5.67. The molecule has 1 rings (SSSR count). The Morgan fingerprint density at radius 3 is 2.88 bits per heavy atom. The lowest BCUT2D eigenvalue weighted by atomic mass is 9.97. The Labute approximate surface area is 96.8 Å². The molecular formula is C11H22N2O3. The van der Waals surface area contributed by atoms with E-state index in [1.807, 2.05) is 4.90 Å². The van der Waals surface area contributed by atoms with Gasteiger partial charge in [0.15, 0.2) is 0 Å². The molecule has 1 aliphatic rings. The van der Waals surface area contributed by atoms with Crippen LogP contribution >= 0.6 is 0 Å². The first-order chi connectivity index (χ1) is 7.53. The van der Waals surface area contributed by atoms with Gasteiger partial charge in [-0.2, -0.15) is 0 Å². The van der Waals surface area contributed by atoms with Gasteiger partial charge in [0.05, 0.1) is 13.2 Å². The van der Waals surface area contributed by atoms with Gasteiger partial charge in [-0.25, -0.2) is 0 Å². The lowest BCUT2D eigenvalue weighted by Gasteiger charge is -2.40. The summed E-state index contributed by atoms with van der Waals surface area (Å²) in [6, 6.07) is -0.465. The van der Waals surface area contributed by atoms with Gasteiger partial charge in [0, 0.05) is 25.7 Å².